The molecular formula is C29H34N6O3. The Morgan fingerprint density at radius 3 is 2.58 bits per heavy atom. The van der Waals surface area contributed by atoms with E-state index in [1.54, 1.807) is 30.3 Å². The van der Waals surface area contributed by atoms with Gasteiger partial charge in [-0.15, -0.1) is 0 Å². The van der Waals surface area contributed by atoms with Gasteiger partial charge in [0, 0.05) is 37.5 Å². The van der Waals surface area contributed by atoms with E-state index in [0.29, 0.717) is 42.5 Å². The molecule has 0 bridgehead atoms. The molecule has 1 fully saturated rings. The van der Waals surface area contributed by atoms with Crippen LogP contribution in [0.5, 0.6) is 0 Å². The van der Waals surface area contributed by atoms with E-state index >= 15 is 0 Å². The lowest BCUT2D eigenvalue weighted by molar-refractivity contribution is 0.0915. The molecule has 2 aliphatic rings. The summed E-state index contributed by atoms with van der Waals surface area (Å²) in [5.41, 5.74) is 3.56. The van der Waals surface area contributed by atoms with Crippen molar-refractivity contribution in [1.82, 2.24) is 15.3 Å². The lowest BCUT2D eigenvalue weighted by atomic mass is 10.1. The van der Waals surface area contributed by atoms with Crippen molar-refractivity contribution in [2.75, 3.05) is 41.9 Å². The SMILES string of the molecule is CCCOCCNC(=O)c1ccc(Nc2ncc3c(n2)N(C2CCCC2)c2ccccc2C(=O)N3C)cc1. The van der Waals surface area contributed by atoms with Gasteiger partial charge in [0.2, 0.25) is 5.95 Å². The normalized spacial score (nSPS) is 15.2. The molecule has 1 aliphatic carbocycles. The Bertz CT molecular complexity index is 1290. The zero-order valence-electron chi connectivity index (χ0n) is 21.9. The summed E-state index contributed by atoms with van der Waals surface area (Å²) < 4.78 is 5.41. The molecule has 198 valence electrons. The fourth-order valence-corrected chi connectivity index (χ4v) is 5.06. The van der Waals surface area contributed by atoms with Gasteiger partial charge in [0.25, 0.3) is 11.8 Å². The van der Waals surface area contributed by atoms with E-state index in [0.717, 1.165) is 49.3 Å². The number of carbonyl (C=O) groups is 2. The second-order valence-corrected chi connectivity index (χ2v) is 9.66. The predicted molar refractivity (Wildman–Crippen MR) is 149 cm³/mol. The van der Waals surface area contributed by atoms with Crippen molar-refractivity contribution in [3.8, 4) is 0 Å². The van der Waals surface area contributed by atoms with Gasteiger partial charge in [0.15, 0.2) is 5.82 Å². The maximum absolute atomic E-state index is 13.3. The molecule has 0 unspecified atom stereocenters. The average molecular weight is 515 g/mol. The van der Waals surface area contributed by atoms with Gasteiger partial charge < -0.3 is 25.2 Å². The van der Waals surface area contributed by atoms with Crippen molar-refractivity contribution in [2.24, 2.45) is 0 Å². The highest BCUT2D eigenvalue weighted by Gasteiger charge is 2.35. The van der Waals surface area contributed by atoms with E-state index in [1.807, 2.05) is 36.4 Å². The van der Waals surface area contributed by atoms with Crippen LogP contribution < -0.4 is 20.4 Å². The Balaban J connectivity index is 1.38. The van der Waals surface area contributed by atoms with Gasteiger partial charge in [-0.3, -0.25) is 9.59 Å². The second-order valence-electron chi connectivity index (χ2n) is 9.66. The van der Waals surface area contributed by atoms with Gasteiger partial charge in [0.1, 0.15) is 5.69 Å². The van der Waals surface area contributed by atoms with Crippen LogP contribution in [0, 0.1) is 0 Å². The lowest BCUT2D eigenvalue weighted by Crippen LogP contribution is -2.30. The summed E-state index contributed by atoms with van der Waals surface area (Å²) in [7, 11) is 1.77. The molecule has 2 heterocycles. The van der Waals surface area contributed by atoms with Crippen LogP contribution in [-0.2, 0) is 4.74 Å². The number of ether oxygens (including phenoxy) is 1. The van der Waals surface area contributed by atoms with Crippen LogP contribution in [0.25, 0.3) is 0 Å². The monoisotopic (exact) mass is 514 g/mol. The molecule has 3 aromatic rings. The molecule has 2 aromatic carbocycles. The molecular weight excluding hydrogens is 480 g/mol. The summed E-state index contributed by atoms with van der Waals surface area (Å²) in [4.78, 5) is 39.0. The zero-order chi connectivity index (χ0) is 26.5. The number of para-hydroxylation sites is 1. The number of fused-ring (bicyclic) bond motifs is 2. The average Bonchev–Trinajstić information content (AvgIpc) is 3.45. The minimum Gasteiger partial charge on any atom is -0.380 e. The molecule has 1 aliphatic heterocycles. The van der Waals surface area contributed by atoms with Crippen molar-refractivity contribution < 1.29 is 14.3 Å². The van der Waals surface area contributed by atoms with Crippen molar-refractivity contribution in [1.29, 1.82) is 0 Å². The van der Waals surface area contributed by atoms with Gasteiger partial charge in [0.05, 0.1) is 24.1 Å². The maximum atomic E-state index is 13.3. The maximum Gasteiger partial charge on any atom is 0.260 e. The number of hydrogen-bond donors (Lipinski definition) is 2. The third kappa shape index (κ3) is 5.33. The molecule has 1 aromatic heterocycles. The Labute approximate surface area is 223 Å². The number of anilines is 5. The Morgan fingerprint density at radius 2 is 1.82 bits per heavy atom. The van der Waals surface area contributed by atoms with E-state index < -0.39 is 0 Å². The summed E-state index contributed by atoms with van der Waals surface area (Å²) in [6.07, 6.45) is 7.07. The fourth-order valence-electron chi connectivity index (χ4n) is 5.06. The fraction of sp³-hybridized carbons (Fsp3) is 0.379. The van der Waals surface area contributed by atoms with Gasteiger partial charge in [-0.25, -0.2) is 4.98 Å². The Kier molecular flexibility index (Phi) is 7.83. The summed E-state index contributed by atoms with van der Waals surface area (Å²) >= 11 is 0. The van der Waals surface area contributed by atoms with E-state index in [1.165, 1.54) is 0 Å². The largest absolute Gasteiger partial charge is 0.380 e. The number of nitrogens with zero attached hydrogens (tertiary/aromatic N) is 4. The molecule has 9 nitrogen and oxygen atoms in total. The summed E-state index contributed by atoms with van der Waals surface area (Å²) in [5.74, 6) is 0.933. The Morgan fingerprint density at radius 1 is 1.05 bits per heavy atom. The van der Waals surface area contributed by atoms with Crippen molar-refractivity contribution in [3.05, 3.63) is 65.9 Å². The van der Waals surface area contributed by atoms with Gasteiger partial charge in [-0.2, -0.15) is 4.98 Å². The van der Waals surface area contributed by atoms with Crippen LogP contribution in [0.2, 0.25) is 0 Å². The number of aromatic nitrogens is 2. The van der Waals surface area contributed by atoms with Crippen LogP contribution in [0.15, 0.2) is 54.7 Å². The van der Waals surface area contributed by atoms with Crippen molar-refractivity contribution in [2.45, 2.75) is 45.1 Å². The summed E-state index contributed by atoms with van der Waals surface area (Å²) in [6, 6.07) is 15.2. The predicted octanol–water partition coefficient (Wildman–Crippen LogP) is 5.05. The zero-order valence-corrected chi connectivity index (χ0v) is 21.9. The number of nitrogens with one attached hydrogen (secondary N) is 2. The molecule has 0 atom stereocenters. The summed E-state index contributed by atoms with van der Waals surface area (Å²) in [5, 5.41) is 6.13. The molecule has 38 heavy (non-hydrogen) atoms. The quantitative estimate of drug-likeness (QED) is 0.386. The first-order valence-corrected chi connectivity index (χ1v) is 13.3. The highest BCUT2D eigenvalue weighted by molar-refractivity contribution is 6.13. The number of benzene rings is 2. The molecule has 2 amide bonds. The smallest absolute Gasteiger partial charge is 0.260 e. The van der Waals surface area contributed by atoms with E-state index in [9.17, 15) is 9.59 Å². The first kappa shape index (κ1) is 25.7. The molecule has 0 spiro atoms. The second kappa shape index (κ2) is 11.6. The van der Waals surface area contributed by atoms with Crippen LogP contribution in [0.1, 0.15) is 59.7 Å². The molecule has 2 N–H and O–H groups in total. The topological polar surface area (TPSA) is 99.7 Å². The van der Waals surface area contributed by atoms with Crippen molar-refractivity contribution >= 4 is 40.6 Å². The summed E-state index contributed by atoms with van der Waals surface area (Å²) in [6.45, 7) is 3.71. The minimum atomic E-state index is -0.142. The van der Waals surface area contributed by atoms with Gasteiger partial charge >= 0.3 is 0 Å². The molecule has 0 radical (unpaired) electrons. The number of rotatable bonds is 9. The number of amides is 2. The van der Waals surface area contributed by atoms with Crippen molar-refractivity contribution in [3.63, 3.8) is 0 Å². The van der Waals surface area contributed by atoms with Gasteiger partial charge in [-0.05, 0) is 55.7 Å². The third-order valence-electron chi connectivity index (χ3n) is 7.01. The molecule has 9 heteroatoms. The third-order valence-corrected chi connectivity index (χ3v) is 7.01. The molecule has 0 saturated heterocycles. The highest BCUT2D eigenvalue weighted by Crippen LogP contribution is 2.43. The first-order valence-electron chi connectivity index (χ1n) is 13.3. The van der Waals surface area contributed by atoms with Gasteiger partial charge in [-0.1, -0.05) is 31.9 Å². The van der Waals surface area contributed by atoms with E-state index in [4.69, 9.17) is 9.72 Å². The van der Waals surface area contributed by atoms with Crippen LogP contribution in [0.4, 0.5) is 28.8 Å². The van der Waals surface area contributed by atoms with Crippen LogP contribution in [0.3, 0.4) is 0 Å². The first-order chi connectivity index (χ1) is 18.6. The van der Waals surface area contributed by atoms with Crippen LogP contribution in [-0.4, -0.2) is 54.6 Å². The van der Waals surface area contributed by atoms with E-state index in [-0.39, 0.29) is 17.9 Å². The lowest BCUT2D eigenvalue weighted by Gasteiger charge is -2.31. The minimum absolute atomic E-state index is 0.0718. The van der Waals surface area contributed by atoms with E-state index in [2.05, 4.69) is 27.4 Å². The highest BCUT2D eigenvalue weighted by atomic mass is 16.5. The molecule has 5 rings (SSSR count). The Hall–Kier alpha value is -3.98. The number of hydrogen-bond acceptors (Lipinski definition) is 7. The number of carbonyl (C=O) groups excluding carboxylic acids is 2. The molecule has 1 saturated carbocycles. The van der Waals surface area contributed by atoms with Crippen LogP contribution >= 0.6 is 0 Å². The standard InChI is InChI=1S/C29H34N6O3/c1-3-17-38-18-16-30-27(36)20-12-14-21(15-13-20)32-29-31-19-25-26(33-29)35(22-8-4-5-9-22)24-11-7-6-10-23(24)28(37)34(25)2/h6-7,10-15,19,22H,3-5,8-9,16-18H2,1-2H3,(H,30,36)(H,31,32,33).